The van der Waals surface area contributed by atoms with Crippen LogP contribution in [0.15, 0.2) is 48.5 Å². The molecule has 0 aliphatic rings. The second-order valence-corrected chi connectivity index (χ2v) is 3.97. The second-order valence-electron chi connectivity index (χ2n) is 3.97. The number of aryl methyl sites for hydroxylation is 2. The molecule has 86 valence electrons. The van der Waals surface area contributed by atoms with Crippen molar-refractivity contribution in [1.82, 2.24) is 0 Å². The van der Waals surface area contributed by atoms with Crippen molar-refractivity contribution >= 4 is 0 Å². The van der Waals surface area contributed by atoms with E-state index >= 15 is 0 Å². The van der Waals surface area contributed by atoms with Crippen LogP contribution in [0.25, 0.3) is 0 Å². The van der Waals surface area contributed by atoms with E-state index in [0.717, 1.165) is 11.1 Å². The van der Waals surface area contributed by atoms with Gasteiger partial charge in [0.15, 0.2) is 0 Å². The molecule has 2 aromatic carbocycles. The molecule has 0 saturated carbocycles. The van der Waals surface area contributed by atoms with E-state index in [-0.39, 0.29) is 21.7 Å². The Morgan fingerprint density at radius 1 is 0.588 bits per heavy atom. The van der Waals surface area contributed by atoms with Crippen LogP contribution in [-0.4, -0.2) is 0 Å². The minimum atomic E-state index is 0. The average Bonchev–Trinajstić information content (AvgIpc) is 2.28. The maximum Gasteiger partial charge on any atom is 2.00 e. The van der Waals surface area contributed by atoms with Crippen LogP contribution in [0.3, 0.4) is 0 Å². The number of hydrogen-bond acceptors (Lipinski definition) is 0. The molecule has 0 aliphatic heterocycles. The van der Waals surface area contributed by atoms with Crippen LogP contribution in [-0.2, 0) is 21.7 Å². The minimum absolute atomic E-state index is 0. The van der Waals surface area contributed by atoms with E-state index in [1.165, 1.54) is 11.1 Å². The standard InChI is InChI=1S/2C8H9.Ti/c2*1-7-3-5-8(2)6-4-7;/h2*3-6H,1H2,2H3;/q2*-1;+2. The first-order valence-corrected chi connectivity index (χ1v) is 5.35. The quantitative estimate of drug-likeness (QED) is 0.486. The van der Waals surface area contributed by atoms with Crippen molar-refractivity contribution in [2.24, 2.45) is 0 Å². The van der Waals surface area contributed by atoms with E-state index < -0.39 is 0 Å². The molecular formula is C16H18Ti. The molecule has 0 aromatic heterocycles. The summed E-state index contributed by atoms with van der Waals surface area (Å²) in [5.41, 5.74) is 4.74. The smallest absolute Gasteiger partial charge is 0.199 e. The molecule has 2 aromatic rings. The molecule has 17 heavy (non-hydrogen) atoms. The second kappa shape index (κ2) is 8.05. The van der Waals surface area contributed by atoms with Gasteiger partial charge in [-0.3, -0.25) is 0 Å². The fraction of sp³-hybridized carbons (Fsp3) is 0.125. The van der Waals surface area contributed by atoms with Crippen LogP contribution < -0.4 is 0 Å². The SMILES string of the molecule is [CH2-]c1ccc(C)cc1.[CH2-]c1ccc(C)cc1.[Ti+2]. The Morgan fingerprint density at radius 3 is 1.00 bits per heavy atom. The van der Waals surface area contributed by atoms with Gasteiger partial charge in [-0.2, -0.15) is 49.2 Å². The molecule has 0 radical (unpaired) electrons. The molecule has 0 amide bonds. The van der Waals surface area contributed by atoms with Crippen molar-refractivity contribution in [3.8, 4) is 0 Å². The number of hydrogen-bond donors (Lipinski definition) is 0. The molecular weight excluding hydrogens is 240 g/mol. The first kappa shape index (κ1) is 15.9. The van der Waals surface area contributed by atoms with Gasteiger partial charge < -0.3 is 0 Å². The largest absolute Gasteiger partial charge is 2.00 e. The molecule has 0 unspecified atom stereocenters. The molecule has 1 heteroatoms. The van der Waals surface area contributed by atoms with Crippen LogP contribution in [0.2, 0.25) is 0 Å². The summed E-state index contributed by atoms with van der Waals surface area (Å²) in [6.07, 6.45) is 0. The fourth-order valence-corrected chi connectivity index (χ4v) is 1.18. The zero-order valence-corrected chi connectivity index (χ0v) is 12.1. The van der Waals surface area contributed by atoms with Gasteiger partial charge in [-0.05, 0) is 13.8 Å². The van der Waals surface area contributed by atoms with E-state index in [1.54, 1.807) is 0 Å². The summed E-state index contributed by atoms with van der Waals surface area (Å²) in [7, 11) is 0. The van der Waals surface area contributed by atoms with Gasteiger partial charge in [0.25, 0.3) is 0 Å². The van der Waals surface area contributed by atoms with Gasteiger partial charge in [0.05, 0.1) is 0 Å². The van der Waals surface area contributed by atoms with Gasteiger partial charge in [-0.1, -0.05) is 11.1 Å². The summed E-state index contributed by atoms with van der Waals surface area (Å²) in [4.78, 5) is 0. The predicted octanol–water partition coefficient (Wildman–Crippen LogP) is 4.35. The first-order chi connectivity index (χ1) is 7.58. The van der Waals surface area contributed by atoms with Crippen LogP contribution in [0.1, 0.15) is 22.3 Å². The van der Waals surface area contributed by atoms with Crippen molar-refractivity contribution < 1.29 is 21.7 Å². The Kier molecular flexibility index (Phi) is 7.53. The van der Waals surface area contributed by atoms with Gasteiger partial charge in [0.1, 0.15) is 0 Å². The Morgan fingerprint density at radius 2 is 0.824 bits per heavy atom. The molecule has 0 fully saturated rings. The number of rotatable bonds is 0. The van der Waals surface area contributed by atoms with E-state index in [1.807, 2.05) is 24.3 Å². The average molecular weight is 258 g/mol. The van der Waals surface area contributed by atoms with E-state index in [2.05, 4.69) is 52.0 Å². The maximum absolute atomic E-state index is 3.76. The topological polar surface area (TPSA) is 0 Å². The van der Waals surface area contributed by atoms with Crippen molar-refractivity contribution in [3.05, 3.63) is 84.6 Å². The molecule has 0 heterocycles. The Balaban J connectivity index is 0.000000284. The Bertz CT molecular complexity index is 327. The van der Waals surface area contributed by atoms with Crippen molar-refractivity contribution in [1.29, 1.82) is 0 Å². The third-order valence-corrected chi connectivity index (χ3v) is 2.24. The number of benzene rings is 2. The monoisotopic (exact) mass is 258 g/mol. The van der Waals surface area contributed by atoms with Crippen molar-refractivity contribution in [2.45, 2.75) is 13.8 Å². The van der Waals surface area contributed by atoms with Crippen LogP contribution in [0, 0.1) is 27.7 Å². The molecule has 0 nitrogen and oxygen atoms in total. The van der Waals surface area contributed by atoms with E-state index in [4.69, 9.17) is 0 Å². The van der Waals surface area contributed by atoms with Crippen molar-refractivity contribution in [3.63, 3.8) is 0 Å². The van der Waals surface area contributed by atoms with Crippen LogP contribution >= 0.6 is 0 Å². The first-order valence-electron chi connectivity index (χ1n) is 5.35. The minimum Gasteiger partial charge on any atom is -0.199 e. The van der Waals surface area contributed by atoms with Gasteiger partial charge in [-0.15, -0.1) is 24.3 Å². The zero-order chi connectivity index (χ0) is 12.0. The summed E-state index contributed by atoms with van der Waals surface area (Å²) < 4.78 is 0. The van der Waals surface area contributed by atoms with Gasteiger partial charge in [-0.25, -0.2) is 0 Å². The van der Waals surface area contributed by atoms with E-state index in [0.29, 0.717) is 0 Å². The van der Waals surface area contributed by atoms with Crippen molar-refractivity contribution in [2.75, 3.05) is 0 Å². The third-order valence-electron chi connectivity index (χ3n) is 2.24. The molecule has 0 atom stereocenters. The maximum atomic E-state index is 3.76. The van der Waals surface area contributed by atoms with Gasteiger partial charge >= 0.3 is 21.7 Å². The normalized spacial score (nSPS) is 8.59. The summed E-state index contributed by atoms with van der Waals surface area (Å²) >= 11 is 0. The Labute approximate surface area is 120 Å². The molecule has 0 spiro atoms. The molecule has 0 saturated heterocycles. The van der Waals surface area contributed by atoms with Crippen LogP contribution in [0.5, 0.6) is 0 Å². The van der Waals surface area contributed by atoms with Crippen LogP contribution in [0.4, 0.5) is 0 Å². The fourth-order valence-electron chi connectivity index (χ4n) is 1.18. The summed E-state index contributed by atoms with van der Waals surface area (Å²) in [6, 6.07) is 16.3. The molecule has 0 bridgehead atoms. The summed E-state index contributed by atoms with van der Waals surface area (Å²) in [5, 5.41) is 0. The Hall–Kier alpha value is -1.11. The molecule has 0 N–H and O–H groups in total. The summed E-state index contributed by atoms with van der Waals surface area (Å²) in [5.74, 6) is 0. The van der Waals surface area contributed by atoms with E-state index in [9.17, 15) is 0 Å². The molecule has 0 aliphatic carbocycles. The van der Waals surface area contributed by atoms with Gasteiger partial charge in [0, 0.05) is 0 Å². The molecule has 2 rings (SSSR count). The van der Waals surface area contributed by atoms with Gasteiger partial charge in [0.2, 0.25) is 0 Å². The predicted molar refractivity (Wildman–Crippen MR) is 71.3 cm³/mol. The zero-order valence-electron chi connectivity index (χ0n) is 10.5. The third kappa shape index (κ3) is 6.94. The summed E-state index contributed by atoms with van der Waals surface area (Å²) in [6.45, 7) is 11.7.